The van der Waals surface area contributed by atoms with Gasteiger partial charge in [-0.15, -0.1) is 11.6 Å². The lowest BCUT2D eigenvalue weighted by atomic mass is 10.2. The predicted octanol–water partition coefficient (Wildman–Crippen LogP) is 4.59. The van der Waals surface area contributed by atoms with Gasteiger partial charge < -0.3 is 4.74 Å². The minimum Gasteiger partial charge on any atom is -0.431 e. The first-order chi connectivity index (χ1) is 9.52. The van der Waals surface area contributed by atoms with Crippen molar-refractivity contribution in [3.05, 3.63) is 56.2 Å². The Bertz CT molecular complexity index is 664. The largest absolute Gasteiger partial charge is 0.431 e. The van der Waals surface area contributed by atoms with E-state index < -0.39 is 4.92 Å². The highest BCUT2D eigenvalue weighted by Gasteiger charge is 2.21. The van der Waals surface area contributed by atoms with Crippen molar-refractivity contribution >= 4 is 33.2 Å². The number of halogens is 2. The lowest BCUT2D eigenvalue weighted by Crippen LogP contribution is -1.99. The molecular formula is C13H10BrClN2O3. The summed E-state index contributed by atoms with van der Waals surface area (Å²) < 4.78 is 6.24. The second-order valence-corrected chi connectivity index (χ2v) is 5.21. The maximum absolute atomic E-state index is 11.1. The maximum Gasteiger partial charge on any atom is 0.313 e. The van der Waals surface area contributed by atoms with Crippen LogP contribution < -0.4 is 4.74 Å². The van der Waals surface area contributed by atoms with Crippen LogP contribution in [0.1, 0.15) is 11.1 Å². The van der Waals surface area contributed by atoms with Crippen molar-refractivity contribution in [1.29, 1.82) is 0 Å². The Balaban J connectivity index is 2.50. The van der Waals surface area contributed by atoms with E-state index in [0.29, 0.717) is 15.6 Å². The summed E-state index contributed by atoms with van der Waals surface area (Å²) in [5.74, 6) is 0.659. The SMILES string of the molecule is Cc1cc(Br)cc([N+](=O)[O-])c1Oc1ncccc1CCl. The monoisotopic (exact) mass is 356 g/mol. The third kappa shape index (κ3) is 3.08. The number of nitro benzene ring substituents is 1. The van der Waals surface area contributed by atoms with Crippen molar-refractivity contribution in [3.63, 3.8) is 0 Å². The molecule has 104 valence electrons. The Morgan fingerprint density at radius 3 is 2.90 bits per heavy atom. The molecule has 0 spiro atoms. The third-order valence-corrected chi connectivity index (χ3v) is 3.35. The van der Waals surface area contributed by atoms with Crippen LogP contribution in [0.15, 0.2) is 34.9 Å². The van der Waals surface area contributed by atoms with E-state index in [0.717, 1.165) is 0 Å². The number of benzene rings is 1. The standard InChI is InChI=1S/C13H10BrClN2O3/c1-8-5-10(14)6-11(17(18)19)12(8)20-13-9(7-15)3-2-4-16-13/h2-6H,7H2,1H3. The molecule has 5 nitrogen and oxygen atoms in total. The number of rotatable bonds is 4. The minimum absolute atomic E-state index is 0.122. The molecule has 0 fully saturated rings. The van der Waals surface area contributed by atoms with Crippen molar-refractivity contribution in [2.45, 2.75) is 12.8 Å². The number of hydrogen-bond donors (Lipinski definition) is 0. The highest BCUT2D eigenvalue weighted by molar-refractivity contribution is 9.10. The van der Waals surface area contributed by atoms with Gasteiger partial charge in [0.1, 0.15) is 0 Å². The topological polar surface area (TPSA) is 65.3 Å². The quantitative estimate of drug-likeness (QED) is 0.456. The summed E-state index contributed by atoms with van der Waals surface area (Å²) in [4.78, 5) is 14.7. The van der Waals surface area contributed by atoms with Gasteiger partial charge in [-0.3, -0.25) is 10.1 Å². The first-order valence-electron chi connectivity index (χ1n) is 5.65. The molecule has 0 saturated heterocycles. The Hall–Kier alpha value is -1.66. The molecule has 1 heterocycles. The van der Waals surface area contributed by atoms with Crippen molar-refractivity contribution in [1.82, 2.24) is 4.98 Å². The van der Waals surface area contributed by atoms with Gasteiger partial charge in [-0.1, -0.05) is 22.0 Å². The molecule has 2 aromatic rings. The number of pyridine rings is 1. The van der Waals surface area contributed by atoms with Gasteiger partial charge in [0.05, 0.1) is 10.8 Å². The van der Waals surface area contributed by atoms with Crippen LogP contribution in [-0.2, 0) is 5.88 Å². The van der Waals surface area contributed by atoms with Crippen LogP contribution in [0.4, 0.5) is 5.69 Å². The molecule has 0 bridgehead atoms. The van der Waals surface area contributed by atoms with E-state index in [1.54, 1.807) is 31.3 Å². The van der Waals surface area contributed by atoms with E-state index in [1.165, 1.54) is 6.07 Å². The van der Waals surface area contributed by atoms with E-state index in [-0.39, 0.29) is 23.2 Å². The molecule has 0 aliphatic carbocycles. The lowest BCUT2D eigenvalue weighted by molar-refractivity contribution is -0.385. The summed E-state index contributed by atoms with van der Waals surface area (Å²) in [6.45, 7) is 1.73. The number of hydrogen-bond acceptors (Lipinski definition) is 4. The van der Waals surface area contributed by atoms with Gasteiger partial charge in [-0.25, -0.2) is 4.98 Å². The fourth-order valence-electron chi connectivity index (χ4n) is 1.70. The Morgan fingerprint density at radius 1 is 1.50 bits per heavy atom. The van der Waals surface area contributed by atoms with Gasteiger partial charge in [-0.2, -0.15) is 0 Å². The number of nitrogens with zero attached hydrogens (tertiary/aromatic N) is 2. The molecule has 20 heavy (non-hydrogen) atoms. The Morgan fingerprint density at radius 2 is 2.25 bits per heavy atom. The summed E-state index contributed by atoms with van der Waals surface area (Å²) in [6, 6.07) is 6.63. The van der Waals surface area contributed by atoms with Gasteiger partial charge in [0.2, 0.25) is 11.6 Å². The molecule has 0 saturated carbocycles. The zero-order valence-corrected chi connectivity index (χ0v) is 12.8. The van der Waals surface area contributed by atoms with Crippen LogP contribution in [0.2, 0.25) is 0 Å². The van der Waals surface area contributed by atoms with Crippen LogP contribution >= 0.6 is 27.5 Å². The number of nitro groups is 1. The predicted molar refractivity (Wildman–Crippen MR) is 79.4 cm³/mol. The van der Waals surface area contributed by atoms with Gasteiger partial charge in [0.25, 0.3) is 0 Å². The lowest BCUT2D eigenvalue weighted by Gasteiger charge is -2.11. The molecule has 0 radical (unpaired) electrons. The van der Waals surface area contributed by atoms with Crippen molar-refractivity contribution in [2.24, 2.45) is 0 Å². The minimum atomic E-state index is -0.490. The van der Waals surface area contributed by atoms with E-state index in [1.807, 2.05) is 0 Å². The number of ether oxygens (including phenoxy) is 1. The molecule has 7 heteroatoms. The highest BCUT2D eigenvalue weighted by Crippen LogP contribution is 2.37. The normalized spacial score (nSPS) is 10.3. The average Bonchev–Trinajstić information content (AvgIpc) is 2.41. The summed E-state index contributed by atoms with van der Waals surface area (Å²) in [5, 5.41) is 11.1. The first kappa shape index (κ1) is 14.7. The molecule has 0 amide bonds. The van der Waals surface area contributed by atoms with Crippen LogP contribution in [0.25, 0.3) is 0 Å². The maximum atomic E-state index is 11.1. The zero-order chi connectivity index (χ0) is 14.7. The Kier molecular flexibility index (Phi) is 4.57. The summed E-state index contributed by atoms with van der Waals surface area (Å²) in [5.41, 5.74) is 1.19. The van der Waals surface area contributed by atoms with Crippen LogP contribution in [0, 0.1) is 17.0 Å². The summed E-state index contributed by atoms with van der Waals surface area (Å²) >= 11 is 9.04. The molecule has 1 aromatic carbocycles. The van der Waals surface area contributed by atoms with Crippen molar-refractivity contribution in [2.75, 3.05) is 0 Å². The van der Waals surface area contributed by atoms with E-state index in [2.05, 4.69) is 20.9 Å². The number of aromatic nitrogens is 1. The van der Waals surface area contributed by atoms with E-state index in [4.69, 9.17) is 16.3 Å². The second kappa shape index (κ2) is 6.19. The molecule has 0 atom stereocenters. The second-order valence-electron chi connectivity index (χ2n) is 4.03. The van der Waals surface area contributed by atoms with Gasteiger partial charge in [0.15, 0.2) is 0 Å². The van der Waals surface area contributed by atoms with Gasteiger partial charge in [0, 0.05) is 27.9 Å². The number of aryl methyl sites for hydroxylation is 1. The molecule has 2 rings (SSSR count). The van der Waals surface area contributed by atoms with Crippen molar-refractivity contribution in [3.8, 4) is 11.6 Å². The fraction of sp³-hybridized carbons (Fsp3) is 0.154. The Labute approximate surface area is 128 Å². The average molecular weight is 358 g/mol. The fourth-order valence-corrected chi connectivity index (χ4v) is 2.46. The molecule has 0 unspecified atom stereocenters. The van der Waals surface area contributed by atoms with Crippen LogP contribution in [0.3, 0.4) is 0 Å². The van der Waals surface area contributed by atoms with E-state index in [9.17, 15) is 10.1 Å². The smallest absolute Gasteiger partial charge is 0.313 e. The molecule has 1 aromatic heterocycles. The molecular weight excluding hydrogens is 348 g/mol. The summed E-state index contributed by atoms with van der Waals surface area (Å²) in [7, 11) is 0. The van der Waals surface area contributed by atoms with Gasteiger partial charge in [-0.05, 0) is 19.1 Å². The van der Waals surface area contributed by atoms with E-state index >= 15 is 0 Å². The molecule has 0 aliphatic rings. The first-order valence-corrected chi connectivity index (χ1v) is 6.98. The molecule has 0 aliphatic heterocycles. The summed E-state index contributed by atoms with van der Waals surface area (Å²) in [6.07, 6.45) is 1.55. The van der Waals surface area contributed by atoms with Crippen LogP contribution in [-0.4, -0.2) is 9.91 Å². The van der Waals surface area contributed by atoms with Crippen LogP contribution in [0.5, 0.6) is 11.6 Å². The highest BCUT2D eigenvalue weighted by atomic mass is 79.9. The van der Waals surface area contributed by atoms with Crippen molar-refractivity contribution < 1.29 is 9.66 Å². The van der Waals surface area contributed by atoms with Gasteiger partial charge >= 0.3 is 5.69 Å². The third-order valence-electron chi connectivity index (χ3n) is 2.61. The zero-order valence-electron chi connectivity index (χ0n) is 10.5. The number of alkyl halides is 1. The molecule has 0 N–H and O–H groups in total.